The first-order valence-electron chi connectivity index (χ1n) is 7.72. The van der Waals surface area contributed by atoms with E-state index in [2.05, 4.69) is 27.9 Å². The molecule has 22 heavy (non-hydrogen) atoms. The Balaban J connectivity index is 1.81. The lowest BCUT2D eigenvalue weighted by Gasteiger charge is -2.33. The molecule has 1 amide bonds. The lowest BCUT2D eigenvalue weighted by Crippen LogP contribution is -2.41. The fraction of sp³-hybridized carbons (Fsp3) is 0.562. The fourth-order valence-corrected chi connectivity index (χ4v) is 3.30. The second-order valence-corrected chi connectivity index (χ2v) is 6.12. The van der Waals surface area contributed by atoms with E-state index >= 15 is 0 Å². The second kappa shape index (κ2) is 5.59. The summed E-state index contributed by atoms with van der Waals surface area (Å²) in [7, 11) is 0. The Hall–Kier alpha value is -2.11. The monoisotopic (exact) mass is 302 g/mol. The number of nitrogens with zero attached hydrogens (tertiary/aromatic N) is 4. The molecule has 118 valence electrons. The van der Waals surface area contributed by atoms with Crippen LogP contribution < -0.4 is 0 Å². The molecule has 3 rings (SSSR count). The van der Waals surface area contributed by atoms with Crippen LogP contribution in [-0.2, 0) is 0 Å². The summed E-state index contributed by atoms with van der Waals surface area (Å²) >= 11 is 0. The minimum absolute atomic E-state index is 0.0162. The summed E-state index contributed by atoms with van der Waals surface area (Å²) in [6.45, 7) is 9.12. The maximum absolute atomic E-state index is 12.8. The van der Waals surface area contributed by atoms with E-state index in [0.29, 0.717) is 23.6 Å². The molecule has 1 fully saturated rings. The highest BCUT2D eigenvalue weighted by atomic mass is 16.5. The van der Waals surface area contributed by atoms with E-state index in [9.17, 15) is 4.79 Å². The molecule has 0 unspecified atom stereocenters. The zero-order valence-corrected chi connectivity index (χ0v) is 13.6. The van der Waals surface area contributed by atoms with Crippen molar-refractivity contribution >= 4 is 5.91 Å². The van der Waals surface area contributed by atoms with Gasteiger partial charge in [-0.15, -0.1) is 0 Å². The number of carbonyl (C=O) groups excluding carboxylic acids is 1. The molecule has 2 aromatic heterocycles. The Morgan fingerprint density at radius 1 is 1.32 bits per heavy atom. The molecule has 6 heteroatoms. The summed E-state index contributed by atoms with van der Waals surface area (Å²) in [4.78, 5) is 14.7. The quantitative estimate of drug-likeness (QED) is 0.855. The summed E-state index contributed by atoms with van der Waals surface area (Å²) < 4.78 is 7.18. The number of carbonyl (C=O) groups is 1. The number of hydrogen-bond donors (Lipinski definition) is 0. The van der Waals surface area contributed by atoms with Gasteiger partial charge >= 0.3 is 0 Å². The van der Waals surface area contributed by atoms with Gasteiger partial charge in [0.25, 0.3) is 5.91 Å². The molecule has 1 atom stereocenters. The van der Waals surface area contributed by atoms with Crippen LogP contribution in [0.25, 0.3) is 0 Å². The smallest absolute Gasteiger partial charge is 0.259 e. The van der Waals surface area contributed by atoms with Gasteiger partial charge in [0.05, 0.1) is 17.4 Å². The van der Waals surface area contributed by atoms with Crippen molar-refractivity contribution in [3.8, 4) is 0 Å². The van der Waals surface area contributed by atoms with Crippen molar-refractivity contribution in [3.63, 3.8) is 0 Å². The van der Waals surface area contributed by atoms with Crippen LogP contribution in [0.2, 0.25) is 0 Å². The maximum Gasteiger partial charge on any atom is 0.259 e. The first kappa shape index (κ1) is 14.8. The largest absolute Gasteiger partial charge is 0.361 e. The molecule has 1 aliphatic heterocycles. The van der Waals surface area contributed by atoms with Crippen LogP contribution in [0.5, 0.6) is 0 Å². The van der Waals surface area contributed by atoms with Gasteiger partial charge in [0.15, 0.2) is 0 Å². The lowest BCUT2D eigenvalue weighted by atomic mass is 10.0. The molecule has 0 bridgehead atoms. The Morgan fingerprint density at radius 2 is 2.09 bits per heavy atom. The zero-order chi connectivity index (χ0) is 15.9. The summed E-state index contributed by atoms with van der Waals surface area (Å²) in [5.74, 6) is 0.609. The third-order valence-corrected chi connectivity index (χ3v) is 4.32. The number of rotatable bonds is 2. The van der Waals surface area contributed by atoms with E-state index in [0.717, 1.165) is 30.8 Å². The average molecular weight is 302 g/mol. The van der Waals surface area contributed by atoms with Crippen LogP contribution in [0.4, 0.5) is 0 Å². The fourth-order valence-electron chi connectivity index (χ4n) is 3.30. The molecule has 1 saturated heterocycles. The Bertz CT molecular complexity index is 682. The summed E-state index contributed by atoms with van der Waals surface area (Å²) in [6, 6.07) is 2.32. The minimum atomic E-state index is 0.0162. The van der Waals surface area contributed by atoms with Crippen molar-refractivity contribution < 1.29 is 9.32 Å². The highest BCUT2D eigenvalue weighted by Gasteiger charge is 2.29. The second-order valence-electron chi connectivity index (χ2n) is 6.12. The summed E-state index contributed by atoms with van der Waals surface area (Å²) in [6.07, 6.45) is 2.03. The van der Waals surface area contributed by atoms with Gasteiger partial charge in [-0.25, -0.2) is 0 Å². The highest BCUT2D eigenvalue weighted by Crippen LogP contribution is 2.25. The predicted octanol–water partition coefficient (Wildman–Crippen LogP) is 2.58. The molecule has 3 heterocycles. The molecule has 0 aliphatic carbocycles. The minimum Gasteiger partial charge on any atom is -0.361 e. The van der Waals surface area contributed by atoms with E-state index in [1.165, 1.54) is 0 Å². The molecule has 0 radical (unpaired) electrons. The van der Waals surface area contributed by atoms with Gasteiger partial charge < -0.3 is 9.42 Å². The van der Waals surface area contributed by atoms with Crippen molar-refractivity contribution in [2.24, 2.45) is 0 Å². The number of aromatic nitrogens is 3. The number of piperidine rings is 1. The van der Waals surface area contributed by atoms with Gasteiger partial charge in [-0.1, -0.05) is 5.16 Å². The predicted molar refractivity (Wildman–Crippen MR) is 81.9 cm³/mol. The van der Waals surface area contributed by atoms with Crippen LogP contribution in [-0.4, -0.2) is 38.8 Å². The molecular formula is C16H22N4O2. The van der Waals surface area contributed by atoms with Crippen LogP contribution in [0.3, 0.4) is 0 Å². The highest BCUT2D eigenvalue weighted by molar-refractivity contribution is 5.96. The Morgan fingerprint density at radius 3 is 2.68 bits per heavy atom. The van der Waals surface area contributed by atoms with Gasteiger partial charge in [-0.3, -0.25) is 9.48 Å². The van der Waals surface area contributed by atoms with Crippen molar-refractivity contribution in [1.82, 2.24) is 19.8 Å². The van der Waals surface area contributed by atoms with Crippen LogP contribution in [0, 0.1) is 27.7 Å². The number of hydrogen-bond acceptors (Lipinski definition) is 4. The van der Waals surface area contributed by atoms with Crippen molar-refractivity contribution in [2.45, 2.75) is 46.6 Å². The van der Waals surface area contributed by atoms with E-state index < -0.39 is 0 Å². The first-order valence-corrected chi connectivity index (χ1v) is 7.72. The molecule has 0 saturated carbocycles. The molecule has 2 aromatic rings. The van der Waals surface area contributed by atoms with E-state index in [1.54, 1.807) is 6.92 Å². The molecular weight excluding hydrogens is 280 g/mol. The number of likely N-dealkylation sites (tertiary alicyclic amines) is 1. The van der Waals surface area contributed by atoms with Crippen molar-refractivity contribution in [3.05, 3.63) is 34.5 Å². The van der Waals surface area contributed by atoms with Crippen LogP contribution in [0.15, 0.2) is 10.6 Å². The summed E-state index contributed by atoms with van der Waals surface area (Å²) in [5.41, 5.74) is 3.44. The summed E-state index contributed by atoms with van der Waals surface area (Å²) in [5, 5.41) is 8.46. The lowest BCUT2D eigenvalue weighted by molar-refractivity contribution is 0.0669. The van der Waals surface area contributed by atoms with Crippen LogP contribution in [0.1, 0.15) is 52.1 Å². The van der Waals surface area contributed by atoms with Gasteiger partial charge in [0.1, 0.15) is 11.3 Å². The SMILES string of the molecule is Cc1cc(C)n([C@@H]2CCCN(C(=O)c3c(C)noc3C)C2)n1. The maximum atomic E-state index is 12.8. The Labute approximate surface area is 130 Å². The molecule has 1 aliphatic rings. The van der Waals surface area contributed by atoms with E-state index in [4.69, 9.17) is 4.52 Å². The zero-order valence-electron chi connectivity index (χ0n) is 13.6. The third kappa shape index (κ3) is 2.53. The van der Waals surface area contributed by atoms with Crippen LogP contribution >= 0.6 is 0 Å². The van der Waals surface area contributed by atoms with Gasteiger partial charge in [0, 0.05) is 18.8 Å². The van der Waals surface area contributed by atoms with Gasteiger partial charge in [-0.05, 0) is 46.6 Å². The molecule has 0 aromatic carbocycles. The molecule has 0 spiro atoms. The number of aryl methyl sites for hydroxylation is 4. The molecule has 6 nitrogen and oxygen atoms in total. The number of amides is 1. The van der Waals surface area contributed by atoms with Gasteiger partial charge in [-0.2, -0.15) is 5.10 Å². The molecule has 0 N–H and O–H groups in total. The first-order chi connectivity index (χ1) is 10.5. The van der Waals surface area contributed by atoms with Crippen molar-refractivity contribution in [2.75, 3.05) is 13.1 Å². The standard InChI is InChI=1S/C16H22N4O2/c1-10-8-11(2)20(17-10)14-6-5-7-19(9-14)16(21)15-12(3)18-22-13(15)4/h8,14H,5-7,9H2,1-4H3/t14-/m1/s1. The topological polar surface area (TPSA) is 64.2 Å². The van der Waals surface area contributed by atoms with E-state index in [1.807, 2.05) is 18.7 Å². The average Bonchev–Trinajstić information content (AvgIpc) is 3.00. The third-order valence-electron chi connectivity index (χ3n) is 4.32. The van der Waals surface area contributed by atoms with Gasteiger partial charge in [0.2, 0.25) is 0 Å². The normalized spacial score (nSPS) is 18.7. The Kier molecular flexibility index (Phi) is 3.76. The van der Waals surface area contributed by atoms with Crippen molar-refractivity contribution in [1.29, 1.82) is 0 Å². The van der Waals surface area contributed by atoms with E-state index in [-0.39, 0.29) is 11.9 Å².